The van der Waals surface area contributed by atoms with Gasteiger partial charge in [-0.25, -0.2) is 8.42 Å². The number of anilines is 2. The number of sulfonamides is 1. The predicted molar refractivity (Wildman–Crippen MR) is 123 cm³/mol. The van der Waals surface area contributed by atoms with Gasteiger partial charge in [0.25, 0.3) is 15.7 Å². The molecule has 0 spiro atoms. The molecule has 0 bridgehead atoms. The van der Waals surface area contributed by atoms with Crippen LogP contribution in [0.2, 0.25) is 0 Å². The van der Waals surface area contributed by atoms with Crippen molar-refractivity contribution in [2.45, 2.75) is 36.8 Å². The van der Waals surface area contributed by atoms with Gasteiger partial charge in [0, 0.05) is 31.7 Å². The average molecular weight is 461 g/mol. The Hall–Kier alpha value is -2.69. The summed E-state index contributed by atoms with van der Waals surface area (Å²) in [6.07, 6.45) is 2.26. The second kappa shape index (κ2) is 9.43. The highest BCUT2D eigenvalue weighted by Crippen LogP contribution is 2.31. The lowest BCUT2D eigenvalue weighted by Gasteiger charge is -2.35. The Morgan fingerprint density at radius 2 is 2.03 bits per heavy atom. The number of morpholine rings is 1. The Morgan fingerprint density at radius 3 is 2.75 bits per heavy atom. The van der Waals surface area contributed by atoms with E-state index in [2.05, 4.69) is 10.2 Å². The minimum absolute atomic E-state index is 0.0685. The van der Waals surface area contributed by atoms with Crippen LogP contribution in [0.3, 0.4) is 0 Å². The van der Waals surface area contributed by atoms with Crippen molar-refractivity contribution in [2.24, 2.45) is 0 Å². The zero-order chi connectivity index (χ0) is 22.7. The smallest absolute Gasteiger partial charge is 0.293 e. The highest BCUT2D eigenvalue weighted by molar-refractivity contribution is 7.92. The SMILES string of the molecule is CCN(c1ccccc1)S(=O)(=O)c1ccc(NC[C@@H]2CN3CCC[C@@H]3CO2)c([N+](=O)[O-])c1. The van der Waals surface area contributed by atoms with E-state index in [0.29, 0.717) is 24.9 Å². The van der Waals surface area contributed by atoms with Crippen LogP contribution in [0.15, 0.2) is 53.4 Å². The molecule has 32 heavy (non-hydrogen) atoms. The number of rotatable bonds is 8. The normalized spacial score (nSPS) is 21.2. The highest BCUT2D eigenvalue weighted by Gasteiger charge is 2.32. The van der Waals surface area contributed by atoms with E-state index >= 15 is 0 Å². The molecule has 2 aromatic rings. The van der Waals surface area contributed by atoms with E-state index in [4.69, 9.17) is 4.74 Å². The fourth-order valence-corrected chi connectivity index (χ4v) is 5.91. The summed E-state index contributed by atoms with van der Waals surface area (Å²) >= 11 is 0. The molecular weight excluding hydrogens is 432 g/mol. The zero-order valence-corrected chi connectivity index (χ0v) is 18.8. The third-order valence-electron chi connectivity index (χ3n) is 6.07. The van der Waals surface area contributed by atoms with Crippen molar-refractivity contribution in [3.8, 4) is 0 Å². The van der Waals surface area contributed by atoms with E-state index in [1.54, 1.807) is 37.3 Å². The van der Waals surface area contributed by atoms with Crippen LogP contribution in [0.25, 0.3) is 0 Å². The number of nitro benzene ring substituents is 1. The van der Waals surface area contributed by atoms with Crippen molar-refractivity contribution in [3.05, 3.63) is 58.6 Å². The van der Waals surface area contributed by atoms with E-state index in [9.17, 15) is 18.5 Å². The molecular formula is C22H28N4O5S. The van der Waals surface area contributed by atoms with Gasteiger partial charge < -0.3 is 10.1 Å². The van der Waals surface area contributed by atoms with Gasteiger partial charge in [-0.3, -0.25) is 19.3 Å². The molecule has 10 heteroatoms. The van der Waals surface area contributed by atoms with Gasteiger partial charge >= 0.3 is 0 Å². The maximum atomic E-state index is 13.2. The topological polar surface area (TPSA) is 105 Å². The molecule has 9 nitrogen and oxygen atoms in total. The summed E-state index contributed by atoms with van der Waals surface area (Å²) in [4.78, 5) is 13.5. The summed E-state index contributed by atoms with van der Waals surface area (Å²) < 4.78 is 33.6. The first-order valence-corrected chi connectivity index (χ1v) is 12.3. The monoisotopic (exact) mass is 460 g/mol. The van der Waals surface area contributed by atoms with E-state index in [-0.39, 0.29) is 28.9 Å². The van der Waals surface area contributed by atoms with Gasteiger partial charge in [0.05, 0.1) is 28.2 Å². The molecule has 0 amide bonds. The lowest BCUT2D eigenvalue weighted by Crippen LogP contribution is -2.48. The van der Waals surface area contributed by atoms with Crippen LogP contribution in [-0.4, -0.2) is 63.2 Å². The van der Waals surface area contributed by atoms with Crippen molar-refractivity contribution in [1.29, 1.82) is 0 Å². The fourth-order valence-electron chi connectivity index (χ4n) is 4.42. The maximum absolute atomic E-state index is 13.2. The molecule has 2 atom stereocenters. The second-order valence-electron chi connectivity index (χ2n) is 8.07. The summed E-state index contributed by atoms with van der Waals surface area (Å²) in [6.45, 7) is 4.88. The largest absolute Gasteiger partial charge is 0.377 e. The van der Waals surface area contributed by atoms with E-state index < -0.39 is 14.9 Å². The van der Waals surface area contributed by atoms with Gasteiger partial charge in [-0.2, -0.15) is 0 Å². The number of fused-ring (bicyclic) bond motifs is 1. The molecule has 2 saturated heterocycles. The molecule has 0 saturated carbocycles. The van der Waals surface area contributed by atoms with Crippen LogP contribution in [0.5, 0.6) is 0 Å². The van der Waals surface area contributed by atoms with Crippen molar-refractivity contribution in [3.63, 3.8) is 0 Å². The zero-order valence-electron chi connectivity index (χ0n) is 18.0. The average Bonchev–Trinajstić information content (AvgIpc) is 3.26. The number of nitrogens with zero attached hydrogens (tertiary/aromatic N) is 3. The van der Waals surface area contributed by atoms with Gasteiger partial charge in [-0.15, -0.1) is 0 Å². The van der Waals surface area contributed by atoms with E-state index in [1.165, 1.54) is 22.9 Å². The Morgan fingerprint density at radius 1 is 1.25 bits per heavy atom. The summed E-state index contributed by atoms with van der Waals surface area (Å²) in [5.41, 5.74) is 0.517. The maximum Gasteiger partial charge on any atom is 0.293 e. The third-order valence-corrected chi connectivity index (χ3v) is 7.97. The summed E-state index contributed by atoms with van der Waals surface area (Å²) in [5.74, 6) is 0. The van der Waals surface area contributed by atoms with Crippen molar-refractivity contribution in [2.75, 3.05) is 42.4 Å². The van der Waals surface area contributed by atoms with Gasteiger partial charge in [-0.05, 0) is 50.6 Å². The Kier molecular flexibility index (Phi) is 6.63. The number of hydrogen-bond acceptors (Lipinski definition) is 7. The molecule has 2 aliphatic rings. The lowest BCUT2D eigenvalue weighted by molar-refractivity contribution is -0.384. The van der Waals surface area contributed by atoms with Crippen LogP contribution in [0.1, 0.15) is 19.8 Å². The summed E-state index contributed by atoms with van der Waals surface area (Å²) in [5, 5.41) is 14.8. The van der Waals surface area contributed by atoms with Crippen LogP contribution in [-0.2, 0) is 14.8 Å². The number of nitro groups is 1. The first-order valence-electron chi connectivity index (χ1n) is 10.9. The molecule has 172 valence electrons. The molecule has 2 heterocycles. The van der Waals surface area contributed by atoms with E-state index in [0.717, 1.165) is 25.6 Å². The number of nitrogens with one attached hydrogen (secondary N) is 1. The third kappa shape index (κ3) is 4.57. The van der Waals surface area contributed by atoms with Crippen LogP contribution in [0.4, 0.5) is 17.1 Å². The molecule has 2 aliphatic heterocycles. The minimum Gasteiger partial charge on any atom is -0.377 e. The number of benzene rings is 2. The first-order chi connectivity index (χ1) is 15.4. The summed E-state index contributed by atoms with van der Waals surface area (Å²) in [7, 11) is -3.95. The predicted octanol–water partition coefficient (Wildman–Crippen LogP) is 3.09. The molecule has 2 fully saturated rings. The van der Waals surface area contributed by atoms with Crippen molar-refractivity contribution in [1.82, 2.24) is 4.90 Å². The summed E-state index contributed by atoms with van der Waals surface area (Å²) in [6, 6.07) is 13.2. The van der Waals surface area contributed by atoms with Crippen LogP contribution >= 0.6 is 0 Å². The Balaban J connectivity index is 1.53. The first kappa shape index (κ1) is 22.5. The van der Waals surface area contributed by atoms with Gasteiger partial charge in [0.1, 0.15) is 5.69 Å². The van der Waals surface area contributed by atoms with Crippen molar-refractivity contribution >= 4 is 27.1 Å². The lowest BCUT2D eigenvalue weighted by atomic mass is 10.2. The minimum atomic E-state index is -3.95. The molecule has 4 rings (SSSR count). The van der Waals surface area contributed by atoms with Gasteiger partial charge in [-0.1, -0.05) is 18.2 Å². The molecule has 2 aromatic carbocycles. The Labute approximate surface area is 188 Å². The van der Waals surface area contributed by atoms with E-state index in [1.807, 2.05) is 0 Å². The van der Waals surface area contributed by atoms with Gasteiger partial charge in [0.15, 0.2) is 0 Å². The molecule has 1 N–H and O–H groups in total. The molecule has 0 aliphatic carbocycles. The second-order valence-corrected chi connectivity index (χ2v) is 9.93. The highest BCUT2D eigenvalue weighted by atomic mass is 32.2. The number of para-hydroxylation sites is 1. The quantitative estimate of drug-likeness (QED) is 0.477. The fraction of sp³-hybridized carbons (Fsp3) is 0.455. The Bertz CT molecular complexity index is 1060. The molecule has 0 unspecified atom stereocenters. The molecule has 0 aromatic heterocycles. The standard InChI is InChI=1S/C22H28N4O5S/c1-2-25(17-7-4-3-5-8-17)32(29,30)20-10-11-21(22(13-20)26(27)28)23-14-19-15-24-12-6-9-18(24)16-31-19/h3-5,7-8,10-11,13,18-19,23H,2,6,9,12,14-16H2,1H3/t18-,19-/m1/s1. The van der Waals surface area contributed by atoms with Crippen LogP contribution in [0, 0.1) is 10.1 Å². The molecule has 0 radical (unpaired) electrons. The van der Waals surface area contributed by atoms with Crippen LogP contribution < -0.4 is 9.62 Å². The van der Waals surface area contributed by atoms with Crippen molar-refractivity contribution < 1.29 is 18.1 Å². The van der Waals surface area contributed by atoms with Gasteiger partial charge in [0.2, 0.25) is 0 Å². The number of ether oxygens (including phenoxy) is 1. The number of hydrogen-bond donors (Lipinski definition) is 1.